The van der Waals surface area contributed by atoms with Crippen LogP contribution < -0.4 is 10.6 Å². The van der Waals surface area contributed by atoms with Crippen LogP contribution in [0.15, 0.2) is 23.1 Å². The Morgan fingerprint density at radius 1 is 1.19 bits per heavy atom. The number of halogens is 3. The summed E-state index contributed by atoms with van der Waals surface area (Å²) in [7, 11) is 0. The lowest BCUT2D eigenvalue weighted by molar-refractivity contribution is -0.140. The molecule has 0 aliphatic carbocycles. The molecule has 170 valence electrons. The highest BCUT2D eigenvalue weighted by molar-refractivity contribution is 8.01. The molecule has 2 N–H and O–H groups in total. The van der Waals surface area contributed by atoms with E-state index in [1.54, 1.807) is 4.90 Å². The summed E-state index contributed by atoms with van der Waals surface area (Å²) in [4.78, 5) is 39.4. The van der Waals surface area contributed by atoms with E-state index >= 15 is 0 Å². The molecular formula is C21H26F3N3O3S. The maximum absolute atomic E-state index is 12.9. The zero-order chi connectivity index (χ0) is 23.0. The standard InChI is InChI=1S/C21H26F3N3O3S/c1-20(2,3)19(30)27-8-6-13(7-9-27)25-17(28)11-16-18(29)26-14-10-12(21(22,23)24)4-5-15(14)31-16/h4-5,10,13,16H,6-9,11H2,1-3H3,(H,25,28)(H,26,29). The van der Waals surface area contributed by atoms with Crippen LogP contribution in [0.4, 0.5) is 18.9 Å². The third-order valence-electron chi connectivity index (χ3n) is 5.29. The molecule has 0 bridgehead atoms. The van der Waals surface area contributed by atoms with Gasteiger partial charge in [-0.2, -0.15) is 13.2 Å². The van der Waals surface area contributed by atoms with Crippen LogP contribution >= 0.6 is 11.8 Å². The van der Waals surface area contributed by atoms with E-state index in [9.17, 15) is 27.6 Å². The number of hydrogen-bond acceptors (Lipinski definition) is 4. The topological polar surface area (TPSA) is 78.5 Å². The first kappa shape index (κ1) is 23.4. The van der Waals surface area contributed by atoms with Crippen LogP contribution in [0, 0.1) is 5.41 Å². The molecule has 3 rings (SSSR count). The average molecular weight is 458 g/mol. The number of thioether (sulfide) groups is 1. The summed E-state index contributed by atoms with van der Waals surface area (Å²) < 4.78 is 38.6. The second kappa shape index (κ2) is 8.72. The van der Waals surface area contributed by atoms with E-state index in [0.717, 1.165) is 23.9 Å². The van der Waals surface area contributed by atoms with E-state index < -0.39 is 28.3 Å². The third-order valence-corrected chi connectivity index (χ3v) is 6.56. The van der Waals surface area contributed by atoms with Crippen molar-refractivity contribution in [2.45, 2.75) is 62.4 Å². The van der Waals surface area contributed by atoms with Crippen LogP contribution in [0.1, 0.15) is 45.6 Å². The van der Waals surface area contributed by atoms with Crippen molar-refractivity contribution in [3.05, 3.63) is 23.8 Å². The molecule has 0 saturated carbocycles. The first-order valence-corrected chi connectivity index (χ1v) is 11.0. The summed E-state index contributed by atoms with van der Waals surface area (Å²) in [6.45, 7) is 6.75. The molecule has 2 aliphatic rings. The maximum atomic E-state index is 12.9. The zero-order valence-electron chi connectivity index (χ0n) is 17.6. The van der Waals surface area contributed by atoms with Gasteiger partial charge in [-0.05, 0) is 31.0 Å². The van der Waals surface area contributed by atoms with Gasteiger partial charge in [0.25, 0.3) is 0 Å². The monoisotopic (exact) mass is 457 g/mol. The summed E-state index contributed by atoms with van der Waals surface area (Å²) >= 11 is 1.09. The van der Waals surface area contributed by atoms with Gasteiger partial charge in [0.2, 0.25) is 17.7 Å². The fourth-order valence-corrected chi connectivity index (χ4v) is 4.71. The average Bonchev–Trinajstić information content (AvgIpc) is 2.66. The van der Waals surface area contributed by atoms with Crippen molar-refractivity contribution in [3.63, 3.8) is 0 Å². The van der Waals surface area contributed by atoms with Crippen molar-refractivity contribution >= 4 is 35.2 Å². The van der Waals surface area contributed by atoms with Gasteiger partial charge in [-0.3, -0.25) is 14.4 Å². The number of anilines is 1. The van der Waals surface area contributed by atoms with Gasteiger partial charge in [0.05, 0.1) is 16.5 Å². The molecule has 1 aromatic rings. The minimum Gasteiger partial charge on any atom is -0.353 e. The van der Waals surface area contributed by atoms with Crippen molar-refractivity contribution in [1.29, 1.82) is 0 Å². The lowest BCUT2D eigenvalue weighted by atomic mass is 9.93. The second-order valence-electron chi connectivity index (χ2n) is 8.89. The van der Waals surface area contributed by atoms with E-state index in [1.807, 2.05) is 20.8 Å². The molecule has 1 unspecified atom stereocenters. The minimum atomic E-state index is -4.49. The number of hydrogen-bond donors (Lipinski definition) is 2. The van der Waals surface area contributed by atoms with Crippen LogP contribution in [-0.4, -0.2) is 47.0 Å². The molecule has 3 amide bonds. The highest BCUT2D eigenvalue weighted by Crippen LogP contribution is 2.40. The molecule has 0 radical (unpaired) electrons. The van der Waals surface area contributed by atoms with E-state index in [0.29, 0.717) is 30.8 Å². The van der Waals surface area contributed by atoms with Crippen molar-refractivity contribution in [3.8, 4) is 0 Å². The van der Waals surface area contributed by atoms with E-state index in [1.165, 1.54) is 6.07 Å². The molecule has 1 atom stereocenters. The number of carbonyl (C=O) groups is 3. The summed E-state index contributed by atoms with van der Waals surface area (Å²) in [5, 5.41) is 4.68. The molecule has 1 fully saturated rings. The zero-order valence-corrected chi connectivity index (χ0v) is 18.5. The van der Waals surface area contributed by atoms with Gasteiger partial charge in [0.1, 0.15) is 0 Å². The number of carbonyl (C=O) groups excluding carboxylic acids is 3. The first-order valence-electron chi connectivity index (χ1n) is 10.1. The molecule has 1 aromatic carbocycles. The fourth-order valence-electron chi connectivity index (χ4n) is 3.62. The summed E-state index contributed by atoms with van der Waals surface area (Å²) in [5.41, 5.74) is -1.17. The number of likely N-dealkylation sites (tertiary alicyclic amines) is 1. The summed E-state index contributed by atoms with van der Waals surface area (Å²) in [6, 6.07) is 3.11. The van der Waals surface area contributed by atoms with E-state index in [-0.39, 0.29) is 30.0 Å². The minimum absolute atomic E-state index is 0.0713. The number of nitrogens with one attached hydrogen (secondary N) is 2. The van der Waals surface area contributed by atoms with Gasteiger partial charge in [0, 0.05) is 35.9 Å². The Hall–Kier alpha value is -2.23. The normalized spacial score (nSPS) is 20.1. The highest BCUT2D eigenvalue weighted by atomic mass is 32.2. The molecule has 0 aromatic heterocycles. The van der Waals surface area contributed by atoms with Gasteiger partial charge >= 0.3 is 6.18 Å². The molecule has 10 heteroatoms. The Morgan fingerprint density at radius 3 is 2.42 bits per heavy atom. The Bertz CT molecular complexity index is 875. The van der Waals surface area contributed by atoms with Gasteiger partial charge in [-0.15, -0.1) is 11.8 Å². The number of nitrogens with zero attached hydrogens (tertiary/aromatic N) is 1. The van der Waals surface area contributed by atoms with Crippen LogP contribution in [0.5, 0.6) is 0 Å². The predicted molar refractivity (Wildman–Crippen MR) is 112 cm³/mol. The molecular weight excluding hydrogens is 431 g/mol. The van der Waals surface area contributed by atoms with Gasteiger partial charge in [-0.1, -0.05) is 20.8 Å². The number of amides is 3. The van der Waals surface area contributed by atoms with Crippen molar-refractivity contribution in [1.82, 2.24) is 10.2 Å². The molecule has 1 saturated heterocycles. The molecule has 2 aliphatic heterocycles. The Kier molecular flexibility index (Phi) is 6.59. The maximum Gasteiger partial charge on any atom is 0.416 e. The van der Waals surface area contributed by atoms with Crippen LogP contribution in [0.25, 0.3) is 0 Å². The number of fused-ring (bicyclic) bond motifs is 1. The quantitative estimate of drug-likeness (QED) is 0.726. The lowest BCUT2D eigenvalue weighted by Crippen LogP contribution is -2.49. The van der Waals surface area contributed by atoms with Gasteiger partial charge in [-0.25, -0.2) is 0 Å². The van der Waals surface area contributed by atoms with Crippen LogP contribution in [-0.2, 0) is 20.6 Å². The smallest absolute Gasteiger partial charge is 0.353 e. The van der Waals surface area contributed by atoms with Crippen molar-refractivity contribution in [2.75, 3.05) is 18.4 Å². The van der Waals surface area contributed by atoms with Gasteiger partial charge in [0.15, 0.2) is 0 Å². The molecule has 31 heavy (non-hydrogen) atoms. The Labute approximate surface area is 183 Å². The molecule has 6 nitrogen and oxygen atoms in total. The SMILES string of the molecule is CC(C)(C)C(=O)N1CCC(NC(=O)CC2Sc3ccc(C(F)(F)F)cc3NC2=O)CC1. The fraction of sp³-hybridized carbons (Fsp3) is 0.571. The summed E-state index contributed by atoms with van der Waals surface area (Å²) in [6.07, 6.45) is -3.28. The first-order chi connectivity index (χ1) is 14.3. The number of alkyl halides is 3. The Balaban J connectivity index is 1.53. The number of rotatable bonds is 3. The van der Waals surface area contributed by atoms with E-state index in [2.05, 4.69) is 10.6 Å². The number of piperidine rings is 1. The van der Waals surface area contributed by atoms with E-state index in [4.69, 9.17) is 0 Å². The van der Waals surface area contributed by atoms with Crippen molar-refractivity contribution < 1.29 is 27.6 Å². The van der Waals surface area contributed by atoms with Crippen molar-refractivity contribution in [2.24, 2.45) is 5.41 Å². The van der Waals surface area contributed by atoms with Crippen LogP contribution in [0.2, 0.25) is 0 Å². The highest BCUT2D eigenvalue weighted by Gasteiger charge is 2.35. The molecule has 0 spiro atoms. The second-order valence-corrected chi connectivity index (χ2v) is 10.1. The predicted octanol–water partition coefficient (Wildman–Crippen LogP) is 3.66. The largest absolute Gasteiger partial charge is 0.416 e. The van der Waals surface area contributed by atoms with Crippen LogP contribution in [0.3, 0.4) is 0 Å². The lowest BCUT2D eigenvalue weighted by Gasteiger charge is -2.36. The summed E-state index contributed by atoms with van der Waals surface area (Å²) in [5.74, 6) is -0.693. The number of benzene rings is 1. The van der Waals surface area contributed by atoms with Gasteiger partial charge < -0.3 is 15.5 Å². The third kappa shape index (κ3) is 5.72. The molecule has 2 heterocycles. The Morgan fingerprint density at radius 2 is 1.84 bits per heavy atom.